The summed E-state index contributed by atoms with van der Waals surface area (Å²) in [7, 11) is 0. The molecule has 0 aliphatic carbocycles. The van der Waals surface area contributed by atoms with E-state index in [-0.39, 0.29) is 24.8 Å². The van der Waals surface area contributed by atoms with Crippen molar-refractivity contribution in [1.82, 2.24) is 0 Å². The zero-order chi connectivity index (χ0) is 23.3. The number of ether oxygens (including phenoxy) is 5. The molecule has 3 fully saturated rings. The maximum atomic E-state index is 11.2. The summed E-state index contributed by atoms with van der Waals surface area (Å²) in [6.07, 6.45) is -0.870. The fourth-order valence-electron chi connectivity index (χ4n) is 1.98. The van der Waals surface area contributed by atoms with Gasteiger partial charge >= 0.3 is 29.8 Å². The largest absolute Gasteiger partial charge is 0.458 e. The van der Waals surface area contributed by atoms with Crippen molar-refractivity contribution in [2.24, 2.45) is 0 Å². The Morgan fingerprint density at radius 3 is 1.40 bits per heavy atom. The minimum atomic E-state index is -1.15. The number of rotatable bonds is 0. The molecule has 3 saturated heterocycles. The Morgan fingerprint density at radius 2 is 1.10 bits per heavy atom. The Hall–Kier alpha value is -2.98. The van der Waals surface area contributed by atoms with E-state index < -0.39 is 47.3 Å². The molecule has 3 heterocycles. The highest BCUT2D eigenvalue weighted by Crippen LogP contribution is 2.26. The SMILES string of the molecule is CC1(C)OC(=O)C(C)(C)OC1=O.CC1OC(=O)C(C)OC1=O.O=C1CCC(=O)OC1. The van der Waals surface area contributed by atoms with Crippen molar-refractivity contribution in [1.29, 1.82) is 0 Å². The van der Waals surface area contributed by atoms with Gasteiger partial charge in [-0.3, -0.25) is 9.59 Å². The topological polar surface area (TPSA) is 149 Å². The summed E-state index contributed by atoms with van der Waals surface area (Å²) in [5.41, 5.74) is -2.29. The van der Waals surface area contributed by atoms with Crippen LogP contribution in [0.25, 0.3) is 0 Å². The number of esters is 5. The molecule has 0 saturated carbocycles. The second-order valence-corrected chi connectivity index (χ2v) is 7.66. The van der Waals surface area contributed by atoms with Crippen LogP contribution >= 0.6 is 0 Å². The molecule has 11 heteroatoms. The van der Waals surface area contributed by atoms with Crippen LogP contribution in [0.15, 0.2) is 0 Å². The van der Waals surface area contributed by atoms with Crippen molar-refractivity contribution < 1.29 is 52.5 Å². The lowest BCUT2D eigenvalue weighted by Gasteiger charge is -2.36. The van der Waals surface area contributed by atoms with E-state index in [9.17, 15) is 28.8 Å². The Kier molecular flexibility index (Phi) is 8.09. The lowest BCUT2D eigenvalue weighted by atomic mass is 10.0. The quantitative estimate of drug-likeness (QED) is 0.388. The Bertz CT molecular complexity index is 661. The van der Waals surface area contributed by atoms with Crippen LogP contribution in [0.2, 0.25) is 0 Å². The molecule has 3 aliphatic rings. The molecule has 0 aromatic rings. The second kappa shape index (κ2) is 9.68. The first-order valence-electron chi connectivity index (χ1n) is 9.21. The zero-order valence-corrected chi connectivity index (χ0v) is 17.8. The van der Waals surface area contributed by atoms with Gasteiger partial charge in [-0.25, -0.2) is 19.2 Å². The first-order valence-corrected chi connectivity index (χ1v) is 9.21. The van der Waals surface area contributed by atoms with Gasteiger partial charge in [0.2, 0.25) is 11.2 Å². The third kappa shape index (κ3) is 7.12. The molecule has 168 valence electrons. The van der Waals surface area contributed by atoms with Gasteiger partial charge in [0, 0.05) is 6.42 Å². The maximum Gasteiger partial charge on any atom is 0.351 e. The lowest BCUT2D eigenvalue weighted by molar-refractivity contribution is -0.218. The average molecular weight is 430 g/mol. The summed E-state index contributed by atoms with van der Waals surface area (Å²) >= 11 is 0. The van der Waals surface area contributed by atoms with E-state index in [1.807, 2.05) is 0 Å². The van der Waals surface area contributed by atoms with E-state index in [1.165, 1.54) is 41.5 Å². The molecule has 0 amide bonds. The molecule has 0 spiro atoms. The first kappa shape index (κ1) is 25.1. The fraction of sp³-hybridized carbons (Fsp3) is 0.684. The molecule has 0 aromatic heterocycles. The maximum absolute atomic E-state index is 11.2. The van der Waals surface area contributed by atoms with Crippen molar-refractivity contribution in [3.8, 4) is 0 Å². The molecule has 2 unspecified atom stereocenters. The zero-order valence-electron chi connectivity index (χ0n) is 17.8. The van der Waals surface area contributed by atoms with Crippen LogP contribution in [0.5, 0.6) is 0 Å². The van der Waals surface area contributed by atoms with Gasteiger partial charge < -0.3 is 23.7 Å². The van der Waals surface area contributed by atoms with E-state index >= 15 is 0 Å². The molecule has 0 radical (unpaired) electrons. The van der Waals surface area contributed by atoms with Crippen LogP contribution in [0.3, 0.4) is 0 Å². The van der Waals surface area contributed by atoms with E-state index in [2.05, 4.69) is 14.2 Å². The minimum Gasteiger partial charge on any atom is -0.458 e. The van der Waals surface area contributed by atoms with E-state index in [0.717, 1.165) is 0 Å². The standard InChI is InChI=1S/C8H12O4.C6H8O4.C5H6O3/c1-7(2)5(9)12-8(3,4)6(10)11-7;1-3-5(7)10-4(2)6(8)9-3;6-4-1-2-5(7)8-3-4/h1-4H3;3-4H,1-2H3;1-3H2. The van der Waals surface area contributed by atoms with Gasteiger partial charge in [0.1, 0.15) is 6.61 Å². The predicted octanol–water partition coefficient (Wildman–Crippen LogP) is 0.400. The average Bonchev–Trinajstić information content (AvgIpc) is 2.62. The molecule has 0 N–H and O–H groups in total. The molecule has 2 atom stereocenters. The van der Waals surface area contributed by atoms with Gasteiger partial charge in [0.25, 0.3) is 0 Å². The van der Waals surface area contributed by atoms with Crippen LogP contribution in [-0.4, -0.2) is 65.6 Å². The third-order valence-electron chi connectivity index (χ3n) is 3.93. The van der Waals surface area contributed by atoms with Crippen LogP contribution in [0, 0.1) is 0 Å². The lowest BCUT2D eigenvalue weighted by Crippen LogP contribution is -2.54. The van der Waals surface area contributed by atoms with Crippen molar-refractivity contribution in [3.63, 3.8) is 0 Å². The third-order valence-corrected chi connectivity index (χ3v) is 3.93. The van der Waals surface area contributed by atoms with Gasteiger partial charge in [0.05, 0.1) is 6.42 Å². The molecule has 0 bridgehead atoms. The number of hydrogen-bond donors (Lipinski definition) is 0. The highest BCUT2D eigenvalue weighted by atomic mass is 16.7. The van der Waals surface area contributed by atoms with Crippen molar-refractivity contribution in [3.05, 3.63) is 0 Å². The number of hydrogen-bond acceptors (Lipinski definition) is 11. The summed E-state index contributed by atoms with van der Waals surface area (Å²) in [5.74, 6) is -2.22. The van der Waals surface area contributed by atoms with E-state index in [0.29, 0.717) is 6.42 Å². The van der Waals surface area contributed by atoms with E-state index in [4.69, 9.17) is 9.47 Å². The van der Waals surface area contributed by atoms with Crippen molar-refractivity contribution in [2.75, 3.05) is 6.61 Å². The summed E-state index contributed by atoms with van der Waals surface area (Å²) in [6, 6.07) is 0. The van der Waals surface area contributed by atoms with Crippen LogP contribution < -0.4 is 0 Å². The molecule has 0 aromatic carbocycles. The van der Waals surface area contributed by atoms with Gasteiger partial charge in [0.15, 0.2) is 18.0 Å². The summed E-state index contributed by atoms with van der Waals surface area (Å²) in [6.45, 7) is 8.95. The molecule has 11 nitrogen and oxygen atoms in total. The van der Waals surface area contributed by atoms with Gasteiger partial charge in [-0.1, -0.05) is 0 Å². The molecular formula is C19H26O11. The fourth-order valence-corrected chi connectivity index (χ4v) is 1.98. The second-order valence-electron chi connectivity index (χ2n) is 7.66. The number of ketones is 1. The minimum absolute atomic E-state index is 0.0150. The number of cyclic esters (lactones) is 5. The van der Waals surface area contributed by atoms with Gasteiger partial charge in [-0.15, -0.1) is 0 Å². The summed E-state index contributed by atoms with van der Waals surface area (Å²) in [5, 5.41) is 0. The van der Waals surface area contributed by atoms with Gasteiger partial charge in [-0.05, 0) is 41.5 Å². The van der Waals surface area contributed by atoms with Gasteiger partial charge in [-0.2, -0.15) is 0 Å². The Balaban J connectivity index is 0.000000230. The molecule has 3 rings (SSSR count). The van der Waals surface area contributed by atoms with E-state index in [1.54, 1.807) is 0 Å². The van der Waals surface area contributed by atoms with Crippen molar-refractivity contribution in [2.45, 2.75) is 77.8 Å². The number of Topliss-reactive ketones (excluding diaryl/α,β-unsaturated/α-hetero) is 1. The monoisotopic (exact) mass is 430 g/mol. The highest BCUT2D eigenvalue weighted by Gasteiger charge is 2.48. The molecule has 3 aliphatic heterocycles. The van der Waals surface area contributed by atoms with Crippen molar-refractivity contribution >= 4 is 35.6 Å². The molecular weight excluding hydrogens is 404 g/mol. The summed E-state index contributed by atoms with van der Waals surface area (Å²) < 4.78 is 23.4. The number of carbonyl (C=O) groups excluding carboxylic acids is 6. The highest BCUT2D eigenvalue weighted by molar-refractivity contribution is 5.92. The van der Waals surface area contributed by atoms with Crippen LogP contribution in [0.4, 0.5) is 0 Å². The molecule has 30 heavy (non-hydrogen) atoms. The normalized spacial score (nSPS) is 26.9. The predicted molar refractivity (Wildman–Crippen MR) is 96.7 cm³/mol. The Morgan fingerprint density at radius 1 is 0.700 bits per heavy atom. The summed E-state index contributed by atoms with van der Waals surface area (Å²) in [4.78, 5) is 64.2. The van der Waals surface area contributed by atoms with Crippen LogP contribution in [-0.2, 0) is 52.5 Å². The number of carbonyl (C=O) groups is 6. The first-order chi connectivity index (χ1) is 13.7. The van der Waals surface area contributed by atoms with Crippen LogP contribution in [0.1, 0.15) is 54.4 Å². The Labute approximate surface area is 173 Å². The smallest absolute Gasteiger partial charge is 0.351 e.